The Kier molecular flexibility index (Phi) is 2.99. The third-order valence-electron chi connectivity index (χ3n) is 2.75. The molecular weight excluding hydrogens is 222 g/mol. The highest BCUT2D eigenvalue weighted by atomic mass is 16.5. The van der Waals surface area contributed by atoms with Crippen molar-refractivity contribution in [3.63, 3.8) is 0 Å². The van der Waals surface area contributed by atoms with Crippen molar-refractivity contribution in [1.29, 1.82) is 0 Å². The van der Waals surface area contributed by atoms with Crippen molar-refractivity contribution < 1.29 is 19.4 Å². The van der Waals surface area contributed by atoms with Gasteiger partial charge in [-0.05, 0) is 18.1 Å². The lowest BCUT2D eigenvalue weighted by Crippen LogP contribution is -2.31. The Morgan fingerprint density at radius 3 is 2.94 bits per heavy atom. The van der Waals surface area contributed by atoms with Gasteiger partial charge >= 0.3 is 5.97 Å². The van der Waals surface area contributed by atoms with Crippen LogP contribution in [0.15, 0.2) is 18.2 Å². The van der Waals surface area contributed by atoms with Gasteiger partial charge in [-0.3, -0.25) is 4.79 Å². The summed E-state index contributed by atoms with van der Waals surface area (Å²) in [5, 5.41) is 8.59. The third-order valence-corrected chi connectivity index (χ3v) is 2.75. The topological polar surface area (TPSA) is 66.8 Å². The number of hydrogen-bond acceptors (Lipinski definition) is 3. The molecule has 1 aliphatic rings. The molecular formula is C12H13NO4. The molecule has 17 heavy (non-hydrogen) atoms. The van der Waals surface area contributed by atoms with E-state index in [1.165, 1.54) is 4.90 Å². The second-order valence-corrected chi connectivity index (χ2v) is 3.90. The molecule has 0 unspecified atom stereocenters. The van der Waals surface area contributed by atoms with Gasteiger partial charge in [-0.15, -0.1) is 0 Å². The minimum absolute atomic E-state index is 0.0175. The first kappa shape index (κ1) is 11.4. The molecule has 0 aliphatic carbocycles. The molecule has 1 heterocycles. The Bertz CT molecular complexity index is 470. The number of ether oxygens (including phenoxy) is 1. The first-order chi connectivity index (χ1) is 8.09. The maximum Gasteiger partial charge on any atom is 0.341 e. The van der Waals surface area contributed by atoms with Crippen molar-refractivity contribution >= 4 is 17.6 Å². The minimum Gasteiger partial charge on any atom is -0.480 e. The molecule has 0 atom stereocenters. The van der Waals surface area contributed by atoms with E-state index in [4.69, 9.17) is 9.84 Å². The van der Waals surface area contributed by atoms with Gasteiger partial charge in [0.15, 0.2) is 6.61 Å². The standard InChI is InChI=1S/C12H13NO4/c1-13-10(14)6-5-8-3-2-4-9(12(8)13)17-7-11(15)16/h2-4H,5-7H2,1H3,(H,15,16). The number of carbonyl (C=O) groups is 2. The molecule has 5 heteroatoms. The lowest BCUT2D eigenvalue weighted by Gasteiger charge is -2.27. The monoisotopic (exact) mass is 235 g/mol. The van der Waals surface area contributed by atoms with E-state index in [9.17, 15) is 9.59 Å². The number of aliphatic carboxylic acids is 1. The van der Waals surface area contributed by atoms with Crippen molar-refractivity contribution in [2.45, 2.75) is 12.8 Å². The predicted molar refractivity (Wildman–Crippen MR) is 61.3 cm³/mol. The Morgan fingerprint density at radius 2 is 2.24 bits per heavy atom. The second-order valence-electron chi connectivity index (χ2n) is 3.90. The molecule has 1 aromatic rings. The second kappa shape index (κ2) is 4.45. The van der Waals surface area contributed by atoms with Crippen LogP contribution in [0.4, 0.5) is 5.69 Å². The van der Waals surface area contributed by atoms with Crippen LogP contribution in [-0.4, -0.2) is 30.6 Å². The van der Waals surface area contributed by atoms with E-state index in [1.54, 1.807) is 19.2 Å². The molecule has 0 saturated heterocycles. The summed E-state index contributed by atoms with van der Waals surface area (Å²) in [7, 11) is 1.67. The van der Waals surface area contributed by atoms with Gasteiger partial charge in [-0.1, -0.05) is 12.1 Å². The number of nitrogens with zero attached hydrogens (tertiary/aromatic N) is 1. The number of carbonyl (C=O) groups excluding carboxylic acids is 1. The molecule has 90 valence electrons. The fourth-order valence-corrected chi connectivity index (χ4v) is 1.94. The Hall–Kier alpha value is -2.04. The molecule has 0 aromatic heterocycles. The van der Waals surface area contributed by atoms with Crippen molar-refractivity contribution in [3.8, 4) is 5.75 Å². The number of amides is 1. The maximum atomic E-state index is 11.6. The number of hydrogen-bond donors (Lipinski definition) is 1. The highest BCUT2D eigenvalue weighted by Gasteiger charge is 2.24. The van der Waals surface area contributed by atoms with Crippen LogP contribution in [0.25, 0.3) is 0 Å². The summed E-state index contributed by atoms with van der Waals surface area (Å²) < 4.78 is 5.19. The number of benzene rings is 1. The summed E-state index contributed by atoms with van der Waals surface area (Å²) in [6.45, 7) is -0.404. The highest BCUT2D eigenvalue weighted by Crippen LogP contribution is 2.35. The van der Waals surface area contributed by atoms with Crippen LogP contribution in [-0.2, 0) is 16.0 Å². The van der Waals surface area contributed by atoms with E-state index >= 15 is 0 Å². The SMILES string of the molecule is CN1C(=O)CCc2cccc(OCC(=O)O)c21. The lowest BCUT2D eigenvalue weighted by atomic mass is 10.0. The molecule has 0 bridgehead atoms. The largest absolute Gasteiger partial charge is 0.480 e. The van der Waals surface area contributed by atoms with E-state index in [2.05, 4.69) is 0 Å². The van der Waals surface area contributed by atoms with Crippen molar-refractivity contribution in [1.82, 2.24) is 0 Å². The molecule has 1 aromatic carbocycles. The summed E-state index contributed by atoms with van der Waals surface area (Å²) in [6.07, 6.45) is 1.15. The van der Waals surface area contributed by atoms with E-state index in [-0.39, 0.29) is 5.91 Å². The van der Waals surface area contributed by atoms with E-state index in [0.717, 1.165) is 5.56 Å². The first-order valence-electron chi connectivity index (χ1n) is 5.32. The molecule has 0 radical (unpaired) electrons. The van der Waals surface area contributed by atoms with E-state index in [1.807, 2.05) is 6.07 Å². The van der Waals surface area contributed by atoms with Crippen LogP contribution in [0.1, 0.15) is 12.0 Å². The Morgan fingerprint density at radius 1 is 1.47 bits per heavy atom. The average Bonchev–Trinajstić information content (AvgIpc) is 2.31. The lowest BCUT2D eigenvalue weighted by molar-refractivity contribution is -0.139. The van der Waals surface area contributed by atoms with Crippen LogP contribution in [0.3, 0.4) is 0 Å². The van der Waals surface area contributed by atoms with Gasteiger partial charge in [0, 0.05) is 13.5 Å². The Balaban J connectivity index is 2.34. The maximum absolute atomic E-state index is 11.6. The van der Waals surface area contributed by atoms with Crippen LogP contribution < -0.4 is 9.64 Å². The quantitative estimate of drug-likeness (QED) is 0.850. The highest BCUT2D eigenvalue weighted by molar-refractivity contribution is 5.97. The third kappa shape index (κ3) is 2.22. The summed E-state index contributed by atoms with van der Waals surface area (Å²) in [5.74, 6) is -0.572. The molecule has 2 rings (SSSR count). The number of carboxylic acids is 1. The zero-order valence-electron chi connectivity index (χ0n) is 9.47. The van der Waals surface area contributed by atoms with Crippen LogP contribution >= 0.6 is 0 Å². The van der Waals surface area contributed by atoms with Gasteiger partial charge in [-0.25, -0.2) is 4.79 Å². The molecule has 0 fully saturated rings. The molecule has 5 nitrogen and oxygen atoms in total. The summed E-state index contributed by atoms with van der Waals surface area (Å²) in [6, 6.07) is 5.41. The summed E-state index contributed by atoms with van der Waals surface area (Å²) in [4.78, 5) is 23.6. The Labute approximate surface area is 98.6 Å². The van der Waals surface area contributed by atoms with Crippen molar-refractivity contribution in [3.05, 3.63) is 23.8 Å². The van der Waals surface area contributed by atoms with E-state index < -0.39 is 12.6 Å². The van der Waals surface area contributed by atoms with Gasteiger partial charge in [0.05, 0.1) is 5.69 Å². The fraction of sp³-hybridized carbons (Fsp3) is 0.333. The average molecular weight is 235 g/mol. The smallest absolute Gasteiger partial charge is 0.341 e. The van der Waals surface area contributed by atoms with Gasteiger partial charge in [0.2, 0.25) is 5.91 Å². The van der Waals surface area contributed by atoms with Crippen LogP contribution in [0.2, 0.25) is 0 Å². The molecule has 0 spiro atoms. The normalized spacial score (nSPS) is 14.4. The number of rotatable bonds is 3. The zero-order chi connectivity index (χ0) is 12.4. The van der Waals surface area contributed by atoms with Gasteiger partial charge in [0.1, 0.15) is 5.75 Å². The van der Waals surface area contributed by atoms with Gasteiger partial charge < -0.3 is 14.7 Å². The molecule has 1 N–H and O–H groups in total. The van der Waals surface area contributed by atoms with Gasteiger partial charge in [-0.2, -0.15) is 0 Å². The van der Waals surface area contributed by atoms with Crippen LogP contribution in [0, 0.1) is 0 Å². The number of carboxylic acid groups (broad SMARTS) is 1. The number of fused-ring (bicyclic) bond motifs is 1. The number of anilines is 1. The van der Waals surface area contributed by atoms with E-state index in [0.29, 0.717) is 24.3 Å². The molecule has 1 amide bonds. The predicted octanol–water partition coefficient (Wildman–Crippen LogP) is 1.06. The molecule has 0 saturated carbocycles. The summed E-state index contributed by atoms with van der Waals surface area (Å²) in [5.41, 5.74) is 1.69. The summed E-state index contributed by atoms with van der Waals surface area (Å²) >= 11 is 0. The van der Waals surface area contributed by atoms with Crippen molar-refractivity contribution in [2.24, 2.45) is 0 Å². The number of aryl methyl sites for hydroxylation is 1. The fourth-order valence-electron chi connectivity index (χ4n) is 1.94. The molecule has 1 aliphatic heterocycles. The number of para-hydroxylation sites is 1. The minimum atomic E-state index is -1.03. The van der Waals surface area contributed by atoms with Crippen LogP contribution in [0.5, 0.6) is 5.75 Å². The zero-order valence-corrected chi connectivity index (χ0v) is 9.47. The van der Waals surface area contributed by atoms with Gasteiger partial charge in [0.25, 0.3) is 0 Å². The van der Waals surface area contributed by atoms with Crippen molar-refractivity contribution in [2.75, 3.05) is 18.6 Å². The first-order valence-corrected chi connectivity index (χ1v) is 5.32.